The quantitative estimate of drug-likeness (QED) is 0.853. The average molecular weight is 298 g/mol. The Bertz CT molecular complexity index is 725. The highest BCUT2D eigenvalue weighted by Gasteiger charge is 2.14. The van der Waals surface area contributed by atoms with Crippen LogP contribution in [0.3, 0.4) is 0 Å². The van der Waals surface area contributed by atoms with E-state index in [1.54, 1.807) is 42.5 Å². The number of fused-ring (bicyclic) bond motifs is 1. The molecular formula is C16H14N2O4. The fourth-order valence-corrected chi connectivity index (χ4v) is 2.06. The molecule has 112 valence electrons. The second kappa shape index (κ2) is 5.77. The van der Waals surface area contributed by atoms with Crippen molar-refractivity contribution in [1.29, 1.82) is 0 Å². The predicted octanol–water partition coefficient (Wildman–Crippen LogP) is 3.26. The van der Waals surface area contributed by atoms with Crippen molar-refractivity contribution in [2.45, 2.75) is 6.92 Å². The zero-order chi connectivity index (χ0) is 15.5. The topological polar surface area (TPSA) is 76.7 Å². The van der Waals surface area contributed by atoms with Gasteiger partial charge in [0.1, 0.15) is 0 Å². The molecule has 0 aromatic heterocycles. The van der Waals surface area contributed by atoms with E-state index in [1.807, 2.05) is 0 Å². The third-order valence-electron chi connectivity index (χ3n) is 3.18. The molecule has 0 bridgehead atoms. The Labute approximate surface area is 127 Å². The second-order valence-corrected chi connectivity index (χ2v) is 4.78. The molecule has 0 spiro atoms. The van der Waals surface area contributed by atoms with E-state index >= 15 is 0 Å². The minimum absolute atomic E-state index is 0.0173. The molecule has 3 rings (SSSR count). The van der Waals surface area contributed by atoms with Crippen LogP contribution < -0.4 is 20.1 Å². The van der Waals surface area contributed by atoms with Crippen LogP contribution in [0.1, 0.15) is 17.3 Å². The summed E-state index contributed by atoms with van der Waals surface area (Å²) in [6, 6.07) is 11.5. The predicted molar refractivity (Wildman–Crippen MR) is 81.7 cm³/mol. The van der Waals surface area contributed by atoms with Gasteiger partial charge in [-0.25, -0.2) is 4.79 Å². The molecule has 0 unspecified atom stereocenters. The molecule has 0 radical (unpaired) electrons. The highest BCUT2D eigenvalue weighted by atomic mass is 16.7. The number of rotatable bonds is 3. The van der Waals surface area contributed by atoms with E-state index in [1.165, 1.54) is 6.92 Å². The summed E-state index contributed by atoms with van der Waals surface area (Å²) in [5.41, 5.74) is 1.80. The number of ketones is 1. The van der Waals surface area contributed by atoms with Crippen molar-refractivity contribution in [3.8, 4) is 11.5 Å². The molecule has 2 aromatic rings. The van der Waals surface area contributed by atoms with Gasteiger partial charge in [0.15, 0.2) is 17.3 Å². The second-order valence-electron chi connectivity index (χ2n) is 4.78. The van der Waals surface area contributed by atoms with Gasteiger partial charge in [0.25, 0.3) is 0 Å². The largest absolute Gasteiger partial charge is 0.454 e. The number of Topliss-reactive ketones (excluding diaryl/α,β-unsaturated/α-hetero) is 1. The van der Waals surface area contributed by atoms with Gasteiger partial charge in [-0.2, -0.15) is 0 Å². The van der Waals surface area contributed by atoms with Crippen molar-refractivity contribution in [3.63, 3.8) is 0 Å². The first kappa shape index (κ1) is 13.9. The number of urea groups is 1. The molecule has 6 heteroatoms. The number of hydrogen-bond donors (Lipinski definition) is 2. The maximum Gasteiger partial charge on any atom is 0.323 e. The van der Waals surface area contributed by atoms with Gasteiger partial charge < -0.3 is 20.1 Å². The van der Waals surface area contributed by atoms with Crippen molar-refractivity contribution >= 4 is 23.2 Å². The maximum absolute atomic E-state index is 11.9. The Morgan fingerprint density at radius 1 is 0.909 bits per heavy atom. The van der Waals surface area contributed by atoms with Gasteiger partial charge >= 0.3 is 6.03 Å². The summed E-state index contributed by atoms with van der Waals surface area (Å²) in [4.78, 5) is 23.1. The van der Waals surface area contributed by atoms with Gasteiger partial charge in [-0.05, 0) is 43.3 Å². The minimum Gasteiger partial charge on any atom is -0.454 e. The van der Waals surface area contributed by atoms with Crippen LogP contribution in [0.15, 0.2) is 42.5 Å². The van der Waals surface area contributed by atoms with Gasteiger partial charge in [-0.15, -0.1) is 0 Å². The van der Waals surface area contributed by atoms with Crippen LogP contribution in [0.2, 0.25) is 0 Å². The van der Waals surface area contributed by atoms with Gasteiger partial charge in [-0.1, -0.05) is 0 Å². The molecule has 0 saturated heterocycles. The van der Waals surface area contributed by atoms with Gasteiger partial charge in [0, 0.05) is 23.0 Å². The van der Waals surface area contributed by atoms with Gasteiger partial charge in [0.2, 0.25) is 6.79 Å². The minimum atomic E-state index is -0.380. The standard InChI is InChI=1S/C16H14N2O4/c1-10(19)11-2-4-12(5-3-11)17-16(20)18-13-6-7-14-15(8-13)22-9-21-14/h2-8H,9H2,1H3,(H2,17,18,20). The summed E-state index contributed by atoms with van der Waals surface area (Å²) in [6.07, 6.45) is 0. The van der Waals surface area contributed by atoms with Crippen molar-refractivity contribution in [3.05, 3.63) is 48.0 Å². The Morgan fingerprint density at radius 2 is 1.55 bits per heavy atom. The monoisotopic (exact) mass is 298 g/mol. The molecule has 6 nitrogen and oxygen atoms in total. The molecule has 2 N–H and O–H groups in total. The third-order valence-corrected chi connectivity index (χ3v) is 3.18. The summed E-state index contributed by atoms with van der Waals surface area (Å²) in [5, 5.41) is 5.40. The molecule has 0 atom stereocenters. The third kappa shape index (κ3) is 3.01. The van der Waals surface area contributed by atoms with Crippen LogP contribution in [0, 0.1) is 0 Å². The van der Waals surface area contributed by atoms with Crippen molar-refractivity contribution in [2.75, 3.05) is 17.4 Å². The van der Waals surface area contributed by atoms with Crippen LogP contribution >= 0.6 is 0 Å². The number of amides is 2. The fraction of sp³-hybridized carbons (Fsp3) is 0.125. The molecule has 1 heterocycles. The van der Waals surface area contributed by atoms with Crippen LogP contribution in [-0.2, 0) is 0 Å². The molecule has 2 amide bonds. The summed E-state index contributed by atoms with van der Waals surface area (Å²) < 4.78 is 10.5. The van der Waals surface area contributed by atoms with Crippen molar-refractivity contribution < 1.29 is 19.1 Å². The lowest BCUT2D eigenvalue weighted by atomic mass is 10.1. The van der Waals surface area contributed by atoms with Gasteiger partial charge in [-0.3, -0.25) is 4.79 Å². The number of benzene rings is 2. The van der Waals surface area contributed by atoms with Crippen LogP contribution in [0.5, 0.6) is 11.5 Å². The maximum atomic E-state index is 11.9. The van der Waals surface area contributed by atoms with Crippen LogP contribution in [0.4, 0.5) is 16.2 Å². The summed E-state index contributed by atoms with van der Waals surface area (Å²) in [5.74, 6) is 1.24. The van der Waals surface area contributed by atoms with E-state index in [9.17, 15) is 9.59 Å². The SMILES string of the molecule is CC(=O)c1ccc(NC(=O)Nc2ccc3c(c2)OCO3)cc1. The molecule has 0 fully saturated rings. The number of anilines is 2. The summed E-state index contributed by atoms with van der Waals surface area (Å²) >= 11 is 0. The van der Waals surface area contributed by atoms with E-state index in [0.29, 0.717) is 28.4 Å². The molecule has 0 aliphatic carbocycles. The number of carbonyl (C=O) groups excluding carboxylic acids is 2. The molecule has 0 saturated carbocycles. The zero-order valence-corrected chi connectivity index (χ0v) is 11.9. The lowest BCUT2D eigenvalue weighted by Crippen LogP contribution is -2.19. The molecule has 1 aliphatic rings. The van der Waals surface area contributed by atoms with E-state index in [0.717, 1.165) is 0 Å². The Balaban J connectivity index is 1.63. The Morgan fingerprint density at radius 3 is 2.27 bits per heavy atom. The number of ether oxygens (including phenoxy) is 2. The van der Waals surface area contributed by atoms with Crippen molar-refractivity contribution in [1.82, 2.24) is 0 Å². The Hall–Kier alpha value is -3.02. The molecule has 2 aromatic carbocycles. The number of nitrogens with one attached hydrogen (secondary N) is 2. The van der Waals surface area contributed by atoms with Crippen LogP contribution in [0.25, 0.3) is 0 Å². The Kier molecular flexibility index (Phi) is 3.65. The highest BCUT2D eigenvalue weighted by molar-refractivity contribution is 6.00. The fourth-order valence-electron chi connectivity index (χ4n) is 2.06. The molecule has 1 aliphatic heterocycles. The summed E-state index contributed by atoms with van der Waals surface area (Å²) in [6.45, 7) is 1.68. The normalized spacial score (nSPS) is 11.9. The number of hydrogen-bond acceptors (Lipinski definition) is 4. The number of carbonyl (C=O) groups is 2. The van der Waals surface area contributed by atoms with E-state index in [2.05, 4.69) is 10.6 Å². The molecular weight excluding hydrogens is 284 g/mol. The first-order valence-electron chi connectivity index (χ1n) is 6.70. The van der Waals surface area contributed by atoms with Crippen LogP contribution in [-0.4, -0.2) is 18.6 Å². The van der Waals surface area contributed by atoms with Crippen molar-refractivity contribution in [2.24, 2.45) is 0 Å². The van der Waals surface area contributed by atoms with E-state index in [-0.39, 0.29) is 18.6 Å². The first-order chi connectivity index (χ1) is 10.6. The average Bonchev–Trinajstić information content (AvgIpc) is 2.95. The zero-order valence-electron chi connectivity index (χ0n) is 11.9. The smallest absolute Gasteiger partial charge is 0.323 e. The van der Waals surface area contributed by atoms with E-state index in [4.69, 9.17) is 9.47 Å². The van der Waals surface area contributed by atoms with Gasteiger partial charge in [0.05, 0.1) is 0 Å². The first-order valence-corrected chi connectivity index (χ1v) is 6.70. The molecule has 22 heavy (non-hydrogen) atoms. The summed E-state index contributed by atoms with van der Waals surface area (Å²) in [7, 11) is 0. The highest BCUT2D eigenvalue weighted by Crippen LogP contribution is 2.34. The lowest BCUT2D eigenvalue weighted by molar-refractivity contribution is 0.101. The lowest BCUT2D eigenvalue weighted by Gasteiger charge is -2.08. The van der Waals surface area contributed by atoms with E-state index < -0.39 is 0 Å².